The number of fused-ring (bicyclic) bond motifs is 1. The highest BCUT2D eigenvalue weighted by molar-refractivity contribution is 5.37. The van der Waals surface area contributed by atoms with Crippen molar-refractivity contribution >= 4 is 5.95 Å². The highest BCUT2D eigenvalue weighted by atomic mass is 16.5. The molecular weight excluding hydrogens is 348 g/mol. The average Bonchev–Trinajstić information content (AvgIpc) is 2.68. The molecule has 1 aromatic carbocycles. The zero-order chi connectivity index (χ0) is 19.6. The maximum atomic E-state index is 5.52. The van der Waals surface area contributed by atoms with Crippen LogP contribution in [-0.4, -0.2) is 36.3 Å². The van der Waals surface area contributed by atoms with Crippen molar-refractivity contribution in [3.05, 3.63) is 53.3 Å². The van der Waals surface area contributed by atoms with E-state index in [9.17, 15) is 0 Å². The van der Waals surface area contributed by atoms with Gasteiger partial charge in [0.15, 0.2) is 0 Å². The Morgan fingerprint density at radius 3 is 2.68 bits per heavy atom. The molecule has 1 aliphatic carbocycles. The van der Waals surface area contributed by atoms with Crippen LogP contribution in [0.3, 0.4) is 0 Å². The standard InChI is InChI=1S/C23H32N4O/c1-23(2)13-20(25-18-9-11-28-12-10-18)19-15-24-22(26-21(19)14-23)27(3)16-17-7-5-4-6-8-17/h4-8,15,18,20,25H,9-14,16H2,1-3H3. The minimum atomic E-state index is 0.236. The predicted octanol–water partition coefficient (Wildman–Crippen LogP) is 3.90. The Labute approximate surface area is 168 Å². The topological polar surface area (TPSA) is 50.3 Å². The first-order chi connectivity index (χ1) is 13.5. The predicted molar refractivity (Wildman–Crippen MR) is 112 cm³/mol. The SMILES string of the molecule is CN(Cc1ccccc1)c1ncc2c(n1)CC(C)(C)CC2NC1CCOCC1. The van der Waals surface area contributed by atoms with E-state index in [4.69, 9.17) is 14.7 Å². The fourth-order valence-electron chi connectivity index (χ4n) is 4.45. The quantitative estimate of drug-likeness (QED) is 0.853. The second kappa shape index (κ2) is 8.18. The van der Waals surface area contributed by atoms with Gasteiger partial charge >= 0.3 is 0 Å². The highest BCUT2D eigenvalue weighted by Gasteiger charge is 2.35. The van der Waals surface area contributed by atoms with Gasteiger partial charge in [0.1, 0.15) is 0 Å². The van der Waals surface area contributed by atoms with Gasteiger partial charge in [0, 0.05) is 50.7 Å². The smallest absolute Gasteiger partial charge is 0.225 e. The fourth-order valence-corrected chi connectivity index (χ4v) is 4.45. The lowest BCUT2D eigenvalue weighted by molar-refractivity contribution is 0.0716. The van der Waals surface area contributed by atoms with Crippen molar-refractivity contribution in [3.63, 3.8) is 0 Å². The summed E-state index contributed by atoms with van der Waals surface area (Å²) in [7, 11) is 2.07. The van der Waals surface area contributed by atoms with Crippen molar-refractivity contribution in [2.75, 3.05) is 25.2 Å². The molecule has 2 aromatic rings. The summed E-state index contributed by atoms with van der Waals surface area (Å²) in [6.45, 7) is 7.24. The summed E-state index contributed by atoms with van der Waals surface area (Å²) in [5, 5.41) is 3.88. The second-order valence-corrected chi connectivity index (χ2v) is 9.06. The van der Waals surface area contributed by atoms with Crippen LogP contribution < -0.4 is 10.2 Å². The molecular formula is C23H32N4O. The minimum absolute atomic E-state index is 0.236. The molecule has 2 aliphatic rings. The number of ether oxygens (including phenoxy) is 1. The molecule has 5 heteroatoms. The number of nitrogens with one attached hydrogen (secondary N) is 1. The summed E-state index contributed by atoms with van der Waals surface area (Å²) in [5.74, 6) is 0.810. The van der Waals surface area contributed by atoms with E-state index in [0.717, 1.165) is 51.4 Å². The number of benzene rings is 1. The number of anilines is 1. The molecule has 28 heavy (non-hydrogen) atoms. The van der Waals surface area contributed by atoms with E-state index in [1.807, 2.05) is 6.07 Å². The van der Waals surface area contributed by atoms with Crippen molar-refractivity contribution in [1.29, 1.82) is 0 Å². The Kier molecular flexibility index (Phi) is 5.65. The van der Waals surface area contributed by atoms with Gasteiger partial charge in [-0.2, -0.15) is 0 Å². The van der Waals surface area contributed by atoms with E-state index in [1.165, 1.54) is 16.8 Å². The normalized spacial score (nSPS) is 21.9. The van der Waals surface area contributed by atoms with E-state index in [0.29, 0.717) is 12.1 Å². The second-order valence-electron chi connectivity index (χ2n) is 9.06. The molecule has 4 rings (SSSR count). The Morgan fingerprint density at radius 2 is 1.93 bits per heavy atom. The zero-order valence-corrected chi connectivity index (χ0v) is 17.3. The maximum absolute atomic E-state index is 5.52. The molecule has 1 N–H and O–H groups in total. The monoisotopic (exact) mass is 380 g/mol. The molecule has 1 unspecified atom stereocenters. The zero-order valence-electron chi connectivity index (χ0n) is 17.3. The van der Waals surface area contributed by atoms with Crippen molar-refractivity contribution in [2.24, 2.45) is 5.41 Å². The molecule has 1 atom stereocenters. The lowest BCUT2D eigenvalue weighted by atomic mass is 9.74. The van der Waals surface area contributed by atoms with Crippen LogP contribution in [-0.2, 0) is 17.7 Å². The molecule has 2 heterocycles. The van der Waals surface area contributed by atoms with Crippen LogP contribution in [0, 0.1) is 5.41 Å². The summed E-state index contributed by atoms with van der Waals surface area (Å²) in [4.78, 5) is 11.9. The van der Waals surface area contributed by atoms with Crippen LogP contribution in [0.15, 0.2) is 36.5 Å². The van der Waals surface area contributed by atoms with Gasteiger partial charge in [-0.05, 0) is 36.7 Å². The van der Waals surface area contributed by atoms with Crippen LogP contribution in [0.5, 0.6) is 0 Å². The minimum Gasteiger partial charge on any atom is -0.381 e. The number of rotatable bonds is 5. The van der Waals surface area contributed by atoms with Crippen molar-refractivity contribution in [3.8, 4) is 0 Å². The number of hydrogen-bond acceptors (Lipinski definition) is 5. The van der Waals surface area contributed by atoms with Gasteiger partial charge in [-0.25, -0.2) is 9.97 Å². The Balaban J connectivity index is 1.54. The van der Waals surface area contributed by atoms with Crippen molar-refractivity contribution < 1.29 is 4.74 Å². The van der Waals surface area contributed by atoms with E-state index < -0.39 is 0 Å². The van der Waals surface area contributed by atoms with Gasteiger partial charge in [0.05, 0.1) is 5.69 Å². The van der Waals surface area contributed by atoms with Gasteiger partial charge in [-0.3, -0.25) is 0 Å². The molecule has 0 saturated carbocycles. The van der Waals surface area contributed by atoms with Crippen LogP contribution in [0.4, 0.5) is 5.95 Å². The van der Waals surface area contributed by atoms with Crippen LogP contribution in [0.1, 0.15) is 56.0 Å². The molecule has 1 aliphatic heterocycles. The molecule has 1 saturated heterocycles. The number of aromatic nitrogens is 2. The van der Waals surface area contributed by atoms with Crippen molar-refractivity contribution in [2.45, 2.75) is 58.2 Å². The van der Waals surface area contributed by atoms with Gasteiger partial charge < -0.3 is 15.0 Å². The summed E-state index contributed by atoms with van der Waals surface area (Å²) in [6, 6.07) is 11.3. The van der Waals surface area contributed by atoms with E-state index in [1.54, 1.807) is 0 Å². The Hall–Kier alpha value is -1.98. The molecule has 0 spiro atoms. The van der Waals surface area contributed by atoms with Gasteiger partial charge in [0.25, 0.3) is 0 Å². The number of nitrogens with zero attached hydrogens (tertiary/aromatic N) is 3. The van der Waals surface area contributed by atoms with Crippen LogP contribution in [0.2, 0.25) is 0 Å². The van der Waals surface area contributed by atoms with E-state index in [2.05, 4.69) is 61.6 Å². The van der Waals surface area contributed by atoms with Crippen molar-refractivity contribution in [1.82, 2.24) is 15.3 Å². The molecule has 150 valence electrons. The highest BCUT2D eigenvalue weighted by Crippen LogP contribution is 2.40. The first-order valence-corrected chi connectivity index (χ1v) is 10.4. The lowest BCUT2D eigenvalue weighted by Gasteiger charge is -2.39. The molecule has 5 nitrogen and oxygen atoms in total. The summed E-state index contributed by atoms with van der Waals surface area (Å²) in [5.41, 5.74) is 3.98. The van der Waals surface area contributed by atoms with E-state index in [-0.39, 0.29) is 5.41 Å². The van der Waals surface area contributed by atoms with Crippen LogP contribution in [0.25, 0.3) is 0 Å². The summed E-state index contributed by atoms with van der Waals surface area (Å²) in [6.07, 6.45) is 6.37. The first kappa shape index (κ1) is 19.3. The fraction of sp³-hybridized carbons (Fsp3) is 0.565. The Bertz CT molecular complexity index is 786. The summed E-state index contributed by atoms with van der Waals surface area (Å²) < 4.78 is 5.52. The first-order valence-electron chi connectivity index (χ1n) is 10.4. The third kappa shape index (κ3) is 4.53. The molecule has 1 aromatic heterocycles. The van der Waals surface area contributed by atoms with Gasteiger partial charge in [-0.15, -0.1) is 0 Å². The maximum Gasteiger partial charge on any atom is 0.225 e. The molecule has 0 radical (unpaired) electrons. The average molecular weight is 381 g/mol. The summed E-state index contributed by atoms with van der Waals surface area (Å²) >= 11 is 0. The third-order valence-electron chi connectivity index (χ3n) is 5.93. The molecule has 0 amide bonds. The van der Waals surface area contributed by atoms with Gasteiger partial charge in [0.2, 0.25) is 5.95 Å². The molecule has 0 bridgehead atoms. The number of hydrogen-bond donors (Lipinski definition) is 1. The van der Waals surface area contributed by atoms with Crippen LogP contribution >= 0.6 is 0 Å². The molecule has 1 fully saturated rings. The Morgan fingerprint density at radius 1 is 1.18 bits per heavy atom. The largest absolute Gasteiger partial charge is 0.381 e. The van der Waals surface area contributed by atoms with Gasteiger partial charge in [-0.1, -0.05) is 44.2 Å². The third-order valence-corrected chi connectivity index (χ3v) is 5.93. The van der Waals surface area contributed by atoms with E-state index >= 15 is 0 Å². The lowest BCUT2D eigenvalue weighted by Crippen LogP contribution is -2.42.